The normalized spacial score (nSPS) is 10.2. The van der Waals surface area contributed by atoms with E-state index in [9.17, 15) is 4.79 Å². The van der Waals surface area contributed by atoms with Gasteiger partial charge in [-0.05, 0) is 25.5 Å². The van der Waals surface area contributed by atoms with Crippen LogP contribution in [0.25, 0.3) is 0 Å². The van der Waals surface area contributed by atoms with Crippen LogP contribution in [0.3, 0.4) is 0 Å². The lowest BCUT2D eigenvalue weighted by atomic mass is 10.2. The largest absolute Gasteiger partial charge is 0.465 e. The Morgan fingerprint density at radius 2 is 2.04 bits per heavy atom. The highest BCUT2D eigenvalue weighted by Crippen LogP contribution is 2.21. The van der Waals surface area contributed by atoms with E-state index in [-0.39, 0.29) is 5.97 Å². The summed E-state index contributed by atoms with van der Waals surface area (Å²) >= 11 is 0. The maximum absolute atomic E-state index is 11.8. The molecule has 0 aliphatic heterocycles. The van der Waals surface area contributed by atoms with Gasteiger partial charge >= 0.3 is 5.97 Å². The fraction of sp³-hybridized carbons (Fsp3) is 0.353. The number of unbranched alkanes of at least 4 members (excludes halogenated alkanes) is 1. The molecule has 0 radical (unpaired) electrons. The van der Waals surface area contributed by atoms with E-state index in [4.69, 9.17) is 4.74 Å². The van der Waals surface area contributed by atoms with Crippen LogP contribution in [0, 0.1) is 6.92 Å². The smallest absolute Gasteiger partial charge is 0.339 e. The molecule has 122 valence electrons. The first-order valence-electron chi connectivity index (χ1n) is 7.68. The lowest BCUT2D eigenvalue weighted by molar-refractivity contribution is 0.0602. The molecule has 23 heavy (non-hydrogen) atoms. The van der Waals surface area contributed by atoms with Crippen molar-refractivity contribution in [1.29, 1.82) is 0 Å². The molecule has 0 saturated carbocycles. The molecule has 0 bridgehead atoms. The molecular weight excluding hydrogens is 292 g/mol. The molecule has 2 N–H and O–H groups in total. The van der Waals surface area contributed by atoms with Crippen LogP contribution < -0.4 is 10.6 Å². The summed E-state index contributed by atoms with van der Waals surface area (Å²) < 4.78 is 4.80. The standard InChI is InChI=1S/C17H22N4O2/c1-4-5-10-18-17-19-12(2)11-15(21-17)20-14-9-7-6-8-13(14)16(22)23-3/h6-9,11H,4-5,10H2,1-3H3,(H2,18,19,20,21). The number of esters is 1. The van der Waals surface area contributed by atoms with E-state index < -0.39 is 0 Å². The number of benzene rings is 1. The Kier molecular flexibility index (Phi) is 5.91. The molecule has 0 aliphatic carbocycles. The summed E-state index contributed by atoms with van der Waals surface area (Å²) in [5.74, 6) is 0.824. The van der Waals surface area contributed by atoms with Crippen molar-refractivity contribution in [3.8, 4) is 0 Å². The Balaban J connectivity index is 2.21. The van der Waals surface area contributed by atoms with Crippen molar-refractivity contribution in [1.82, 2.24) is 9.97 Å². The molecule has 0 spiro atoms. The molecule has 0 unspecified atom stereocenters. The number of methoxy groups -OCH3 is 1. The predicted octanol–water partition coefficient (Wildman–Crippen LogP) is 3.53. The second-order valence-corrected chi connectivity index (χ2v) is 5.16. The number of aryl methyl sites for hydroxylation is 1. The zero-order chi connectivity index (χ0) is 16.7. The number of nitrogens with zero attached hydrogens (tertiary/aromatic N) is 2. The fourth-order valence-corrected chi connectivity index (χ4v) is 2.11. The number of ether oxygens (including phenoxy) is 1. The van der Waals surface area contributed by atoms with Crippen LogP contribution >= 0.6 is 0 Å². The van der Waals surface area contributed by atoms with Gasteiger partial charge in [-0.1, -0.05) is 25.5 Å². The topological polar surface area (TPSA) is 76.1 Å². The third-order valence-corrected chi connectivity index (χ3v) is 3.26. The van der Waals surface area contributed by atoms with Gasteiger partial charge in [0.2, 0.25) is 5.95 Å². The predicted molar refractivity (Wildman–Crippen MR) is 91.2 cm³/mol. The van der Waals surface area contributed by atoms with Gasteiger partial charge in [0.05, 0.1) is 18.4 Å². The van der Waals surface area contributed by atoms with Gasteiger partial charge in [-0.25, -0.2) is 9.78 Å². The van der Waals surface area contributed by atoms with Crippen LogP contribution in [0.1, 0.15) is 35.8 Å². The minimum atomic E-state index is -0.389. The van der Waals surface area contributed by atoms with Crippen molar-refractivity contribution in [2.75, 3.05) is 24.3 Å². The van der Waals surface area contributed by atoms with Crippen LogP contribution in [-0.2, 0) is 4.74 Å². The van der Waals surface area contributed by atoms with Crippen molar-refractivity contribution in [3.05, 3.63) is 41.6 Å². The van der Waals surface area contributed by atoms with Gasteiger partial charge in [0, 0.05) is 18.3 Å². The summed E-state index contributed by atoms with van der Waals surface area (Å²) in [7, 11) is 1.36. The Hall–Kier alpha value is -2.63. The summed E-state index contributed by atoms with van der Waals surface area (Å²) in [5, 5.41) is 6.37. The van der Waals surface area contributed by atoms with Gasteiger partial charge < -0.3 is 15.4 Å². The quantitative estimate of drug-likeness (QED) is 0.601. The maximum atomic E-state index is 11.8. The lowest BCUT2D eigenvalue weighted by Crippen LogP contribution is -2.09. The Morgan fingerprint density at radius 1 is 1.26 bits per heavy atom. The highest BCUT2D eigenvalue weighted by Gasteiger charge is 2.12. The molecule has 0 fully saturated rings. The Morgan fingerprint density at radius 3 is 2.78 bits per heavy atom. The molecule has 0 saturated heterocycles. The first kappa shape index (κ1) is 16.7. The number of carbonyl (C=O) groups is 1. The minimum absolute atomic E-state index is 0.389. The molecule has 2 rings (SSSR count). The third kappa shape index (κ3) is 4.67. The molecule has 0 atom stereocenters. The number of rotatable bonds is 7. The second-order valence-electron chi connectivity index (χ2n) is 5.16. The molecule has 1 aromatic heterocycles. The molecule has 0 aliphatic rings. The molecule has 6 nitrogen and oxygen atoms in total. The van der Waals surface area contributed by atoms with E-state index in [0.29, 0.717) is 23.0 Å². The molecular formula is C17H22N4O2. The molecule has 1 aromatic carbocycles. The summed E-state index contributed by atoms with van der Waals surface area (Å²) in [5.41, 5.74) is 1.96. The number of nitrogens with one attached hydrogen (secondary N) is 2. The molecule has 6 heteroatoms. The first-order chi connectivity index (χ1) is 11.1. The lowest BCUT2D eigenvalue weighted by Gasteiger charge is -2.12. The van der Waals surface area contributed by atoms with Crippen molar-refractivity contribution in [2.45, 2.75) is 26.7 Å². The van der Waals surface area contributed by atoms with Gasteiger partial charge in [-0.15, -0.1) is 0 Å². The van der Waals surface area contributed by atoms with Crippen molar-refractivity contribution < 1.29 is 9.53 Å². The van der Waals surface area contributed by atoms with Crippen molar-refractivity contribution in [3.63, 3.8) is 0 Å². The van der Waals surface area contributed by atoms with Gasteiger partial charge in [-0.3, -0.25) is 0 Å². The van der Waals surface area contributed by atoms with Gasteiger partial charge in [0.1, 0.15) is 5.82 Å². The number of hydrogen-bond acceptors (Lipinski definition) is 6. The van der Waals surface area contributed by atoms with Crippen LogP contribution in [0.2, 0.25) is 0 Å². The zero-order valence-electron chi connectivity index (χ0n) is 13.7. The monoisotopic (exact) mass is 314 g/mol. The molecule has 2 aromatic rings. The molecule has 1 heterocycles. The summed E-state index contributed by atoms with van der Waals surface area (Å²) in [6, 6.07) is 9.00. The summed E-state index contributed by atoms with van der Waals surface area (Å²) in [4.78, 5) is 20.6. The number of anilines is 3. The number of hydrogen-bond donors (Lipinski definition) is 2. The van der Waals surface area contributed by atoms with E-state index in [1.54, 1.807) is 12.1 Å². The first-order valence-corrected chi connectivity index (χ1v) is 7.68. The van der Waals surface area contributed by atoms with Crippen LogP contribution in [0.15, 0.2) is 30.3 Å². The average molecular weight is 314 g/mol. The highest BCUT2D eigenvalue weighted by atomic mass is 16.5. The third-order valence-electron chi connectivity index (χ3n) is 3.26. The summed E-state index contributed by atoms with van der Waals surface area (Å²) in [6.07, 6.45) is 2.17. The Bertz CT molecular complexity index is 673. The minimum Gasteiger partial charge on any atom is -0.465 e. The average Bonchev–Trinajstić information content (AvgIpc) is 2.54. The van der Waals surface area contributed by atoms with Crippen LogP contribution in [0.5, 0.6) is 0 Å². The Labute approximate surface area is 136 Å². The van der Waals surface area contributed by atoms with Gasteiger partial charge in [-0.2, -0.15) is 4.98 Å². The highest BCUT2D eigenvalue weighted by molar-refractivity contribution is 5.96. The van der Waals surface area contributed by atoms with E-state index >= 15 is 0 Å². The van der Waals surface area contributed by atoms with Crippen LogP contribution in [-0.4, -0.2) is 29.6 Å². The van der Waals surface area contributed by atoms with Crippen molar-refractivity contribution in [2.24, 2.45) is 0 Å². The number of aromatic nitrogens is 2. The van der Waals surface area contributed by atoms with E-state index in [1.807, 2.05) is 25.1 Å². The van der Waals surface area contributed by atoms with Gasteiger partial charge in [0.15, 0.2) is 0 Å². The second kappa shape index (κ2) is 8.12. The summed E-state index contributed by atoms with van der Waals surface area (Å²) in [6.45, 7) is 4.87. The zero-order valence-corrected chi connectivity index (χ0v) is 13.7. The maximum Gasteiger partial charge on any atom is 0.339 e. The number of para-hydroxylation sites is 1. The van der Waals surface area contributed by atoms with Crippen molar-refractivity contribution >= 4 is 23.4 Å². The van der Waals surface area contributed by atoms with Crippen LogP contribution in [0.4, 0.5) is 17.5 Å². The van der Waals surface area contributed by atoms with Gasteiger partial charge in [0.25, 0.3) is 0 Å². The van der Waals surface area contributed by atoms with E-state index in [0.717, 1.165) is 25.1 Å². The molecule has 0 amide bonds. The fourth-order valence-electron chi connectivity index (χ4n) is 2.11. The van der Waals surface area contributed by atoms with E-state index in [2.05, 4.69) is 27.5 Å². The van der Waals surface area contributed by atoms with E-state index in [1.165, 1.54) is 7.11 Å². The number of carbonyl (C=O) groups excluding carboxylic acids is 1. The SMILES string of the molecule is CCCCNc1nc(C)cc(Nc2ccccc2C(=O)OC)n1.